The molecule has 2 rings (SSSR count). The van der Waals surface area contributed by atoms with Gasteiger partial charge in [-0.25, -0.2) is 13.1 Å². The first-order valence-corrected chi connectivity index (χ1v) is 10.2. The van der Waals surface area contributed by atoms with Gasteiger partial charge in [0.05, 0.1) is 6.26 Å². The predicted octanol–water partition coefficient (Wildman–Crippen LogP) is 0.649. The van der Waals surface area contributed by atoms with Crippen molar-refractivity contribution in [1.29, 1.82) is 0 Å². The maximum absolute atomic E-state index is 11.9. The topological polar surface area (TPSA) is 69.7 Å². The van der Waals surface area contributed by atoms with E-state index in [2.05, 4.69) is 9.62 Å². The summed E-state index contributed by atoms with van der Waals surface area (Å²) < 4.78 is 24.9. The minimum absolute atomic E-state index is 0.289. The number of carbonyl (C=O) groups is 1. The summed E-state index contributed by atoms with van der Waals surface area (Å²) in [6.07, 6.45) is 5.93. The minimum atomic E-state index is -3.09. The van der Waals surface area contributed by atoms with Crippen LogP contribution in [0.25, 0.3) is 0 Å². The first-order chi connectivity index (χ1) is 10.4. The van der Waals surface area contributed by atoms with Gasteiger partial charge in [0.1, 0.15) is 0 Å². The largest absolute Gasteiger partial charge is 0.343 e. The number of nitrogens with zero attached hydrogens (tertiary/aromatic N) is 2. The average Bonchev–Trinajstić information content (AvgIpc) is 2.94. The second-order valence-electron chi connectivity index (χ2n) is 6.63. The van der Waals surface area contributed by atoms with Crippen LogP contribution in [0.1, 0.15) is 39.0 Å². The molecule has 7 heteroatoms. The molecule has 6 nitrogen and oxygen atoms in total. The van der Waals surface area contributed by atoms with Crippen LogP contribution in [0.2, 0.25) is 0 Å². The molecule has 128 valence electrons. The molecule has 2 aliphatic rings. The number of nitrogens with one attached hydrogen (secondary N) is 1. The molecule has 0 aliphatic carbocycles. The van der Waals surface area contributed by atoms with E-state index in [0.29, 0.717) is 24.9 Å². The lowest BCUT2D eigenvalue weighted by Gasteiger charge is -2.37. The van der Waals surface area contributed by atoms with E-state index >= 15 is 0 Å². The molecule has 0 unspecified atom stereocenters. The number of carbonyl (C=O) groups excluding carboxylic acids is 1. The Hall–Kier alpha value is -0.660. The van der Waals surface area contributed by atoms with Crippen LogP contribution in [0, 0.1) is 5.92 Å². The Kier molecular flexibility index (Phi) is 6.23. The van der Waals surface area contributed by atoms with Gasteiger partial charge in [-0.05, 0) is 38.1 Å². The van der Waals surface area contributed by atoms with Crippen molar-refractivity contribution in [3.05, 3.63) is 0 Å². The normalized spacial score (nSPS) is 24.8. The van der Waals surface area contributed by atoms with E-state index in [0.717, 1.165) is 51.9 Å². The molecule has 1 N–H and O–H groups in total. The lowest BCUT2D eigenvalue weighted by molar-refractivity contribution is -0.132. The summed E-state index contributed by atoms with van der Waals surface area (Å²) in [6, 6.07) is 0.550. The Labute approximate surface area is 134 Å². The fraction of sp³-hybridized carbons (Fsp3) is 0.933. The van der Waals surface area contributed by atoms with Gasteiger partial charge in [0.2, 0.25) is 15.9 Å². The summed E-state index contributed by atoms with van der Waals surface area (Å²) in [4.78, 5) is 16.4. The molecule has 0 spiro atoms. The van der Waals surface area contributed by atoms with Crippen molar-refractivity contribution in [1.82, 2.24) is 14.5 Å². The Morgan fingerprint density at radius 2 is 1.86 bits per heavy atom. The van der Waals surface area contributed by atoms with Crippen molar-refractivity contribution in [3.8, 4) is 0 Å². The monoisotopic (exact) mass is 331 g/mol. The molecule has 2 saturated heterocycles. The van der Waals surface area contributed by atoms with Crippen LogP contribution in [0.5, 0.6) is 0 Å². The van der Waals surface area contributed by atoms with Crippen LogP contribution in [0.4, 0.5) is 0 Å². The fourth-order valence-corrected chi connectivity index (χ4v) is 4.02. The van der Waals surface area contributed by atoms with E-state index in [4.69, 9.17) is 0 Å². The molecule has 2 heterocycles. The Morgan fingerprint density at radius 3 is 2.45 bits per heavy atom. The van der Waals surface area contributed by atoms with E-state index in [1.807, 2.05) is 11.8 Å². The highest BCUT2D eigenvalue weighted by Crippen LogP contribution is 2.24. The van der Waals surface area contributed by atoms with Crippen LogP contribution in [-0.4, -0.2) is 69.1 Å². The molecule has 0 radical (unpaired) electrons. The van der Waals surface area contributed by atoms with Crippen molar-refractivity contribution < 1.29 is 13.2 Å². The van der Waals surface area contributed by atoms with Gasteiger partial charge in [0.25, 0.3) is 0 Å². The molecule has 1 amide bonds. The fourth-order valence-electron chi connectivity index (χ4n) is 3.48. The third-order valence-electron chi connectivity index (χ3n) is 4.75. The molecule has 0 saturated carbocycles. The van der Waals surface area contributed by atoms with Crippen LogP contribution in [0.3, 0.4) is 0 Å². The molecular weight excluding hydrogens is 302 g/mol. The van der Waals surface area contributed by atoms with Crippen LogP contribution >= 0.6 is 0 Å². The van der Waals surface area contributed by atoms with Gasteiger partial charge in [-0.15, -0.1) is 0 Å². The number of sulfonamides is 1. The van der Waals surface area contributed by atoms with Crippen molar-refractivity contribution in [2.24, 2.45) is 5.92 Å². The number of piperidine rings is 1. The highest BCUT2D eigenvalue weighted by Gasteiger charge is 2.31. The number of rotatable bonds is 6. The summed E-state index contributed by atoms with van der Waals surface area (Å²) in [5, 5.41) is 0. The Balaban J connectivity index is 1.73. The third kappa shape index (κ3) is 5.21. The summed E-state index contributed by atoms with van der Waals surface area (Å²) in [5.41, 5.74) is 0. The SMILES string of the molecule is CCCC(=O)N1CCC(N2CC[C@@H](CNS(C)(=O)=O)C2)CC1. The molecular formula is C15H29N3O3S. The maximum Gasteiger partial charge on any atom is 0.222 e. The van der Waals surface area contributed by atoms with E-state index in [1.165, 1.54) is 6.26 Å². The second kappa shape index (κ2) is 7.75. The van der Waals surface area contributed by atoms with Gasteiger partial charge < -0.3 is 4.90 Å². The summed E-state index contributed by atoms with van der Waals surface area (Å²) in [5.74, 6) is 0.701. The molecule has 0 aromatic rings. The van der Waals surface area contributed by atoms with Crippen LogP contribution < -0.4 is 4.72 Å². The van der Waals surface area contributed by atoms with Crippen LogP contribution in [0.15, 0.2) is 0 Å². The Bertz CT molecular complexity index is 472. The molecule has 2 fully saturated rings. The van der Waals surface area contributed by atoms with Crippen molar-refractivity contribution in [2.75, 3.05) is 39.0 Å². The molecule has 2 aliphatic heterocycles. The van der Waals surface area contributed by atoms with Gasteiger partial charge in [0, 0.05) is 38.6 Å². The molecule has 22 heavy (non-hydrogen) atoms. The number of hydrogen-bond donors (Lipinski definition) is 1. The van der Waals surface area contributed by atoms with Gasteiger partial charge in [-0.2, -0.15) is 0 Å². The first kappa shape index (κ1) is 17.7. The lowest BCUT2D eigenvalue weighted by atomic mass is 10.0. The third-order valence-corrected chi connectivity index (χ3v) is 5.44. The summed E-state index contributed by atoms with van der Waals surface area (Å²) in [6.45, 7) is 6.33. The quantitative estimate of drug-likeness (QED) is 0.776. The molecule has 0 bridgehead atoms. The van der Waals surface area contributed by atoms with E-state index in [9.17, 15) is 13.2 Å². The zero-order valence-corrected chi connectivity index (χ0v) is 14.6. The van der Waals surface area contributed by atoms with Crippen molar-refractivity contribution in [2.45, 2.75) is 45.1 Å². The standard InChI is InChI=1S/C15H29N3O3S/c1-3-4-15(19)17-9-6-14(7-10-17)18-8-5-13(12-18)11-16-22(2,20)21/h13-14,16H,3-12H2,1-2H3/t13-/m0/s1. The second-order valence-corrected chi connectivity index (χ2v) is 8.47. The highest BCUT2D eigenvalue weighted by atomic mass is 32.2. The van der Waals surface area contributed by atoms with E-state index in [1.54, 1.807) is 0 Å². The van der Waals surface area contributed by atoms with E-state index in [-0.39, 0.29) is 5.91 Å². The van der Waals surface area contributed by atoms with Gasteiger partial charge in [0.15, 0.2) is 0 Å². The smallest absolute Gasteiger partial charge is 0.222 e. The minimum Gasteiger partial charge on any atom is -0.343 e. The number of likely N-dealkylation sites (tertiary alicyclic amines) is 2. The van der Waals surface area contributed by atoms with Gasteiger partial charge >= 0.3 is 0 Å². The summed E-state index contributed by atoms with van der Waals surface area (Å²) >= 11 is 0. The van der Waals surface area contributed by atoms with Crippen molar-refractivity contribution >= 4 is 15.9 Å². The first-order valence-electron chi connectivity index (χ1n) is 8.35. The Morgan fingerprint density at radius 1 is 1.18 bits per heavy atom. The predicted molar refractivity (Wildman–Crippen MR) is 87.0 cm³/mol. The molecule has 1 atom stereocenters. The molecule has 0 aromatic heterocycles. The average molecular weight is 331 g/mol. The van der Waals surface area contributed by atoms with Gasteiger partial charge in [-0.3, -0.25) is 9.69 Å². The zero-order valence-electron chi connectivity index (χ0n) is 13.8. The van der Waals surface area contributed by atoms with Crippen molar-refractivity contribution in [3.63, 3.8) is 0 Å². The van der Waals surface area contributed by atoms with E-state index < -0.39 is 10.0 Å². The maximum atomic E-state index is 11.9. The number of hydrogen-bond acceptors (Lipinski definition) is 4. The zero-order chi connectivity index (χ0) is 16.2. The van der Waals surface area contributed by atoms with Gasteiger partial charge in [-0.1, -0.05) is 6.92 Å². The van der Waals surface area contributed by atoms with Crippen LogP contribution in [-0.2, 0) is 14.8 Å². The summed E-state index contributed by atoms with van der Waals surface area (Å²) in [7, 11) is -3.09. The molecule has 0 aromatic carbocycles. The lowest BCUT2D eigenvalue weighted by Crippen LogP contribution is -2.46. The number of amides is 1. The highest BCUT2D eigenvalue weighted by molar-refractivity contribution is 7.88.